The molecule has 3 saturated heterocycles. The predicted octanol–water partition coefficient (Wildman–Crippen LogP) is 4.32. The van der Waals surface area contributed by atoms with Gasteiger partial charge in [0.05, 0.1) is 36.6 Å². The summed E-state index contributed by atoms with van der Waals surface area (Å²) in [6.45, 7) is 13.9. The average Bonchev–Trinajstić information content (AvgIpc) is 3.67. The van der Waals surface area contributed by atoms with Crippen molar-refractivity contribution in [3.8, 4) is 0 Å². The third-order valence-electron chi connectivity index (χ3n) is 10.0. The van der Waals surface area contributed by atoms with Gasteiger partial charge in [-0.2, -0.15) is 0 Å². The van der Waals surface area contributed by atoms with Crippen LogP contribution in [0.15, 0.2) is 55.6 Å². The highest BCUT2D eigenvalue weighted by Crippen LogP contribution is 2.60. The third kappa shape index (κ3) is 7.37. The highest BCUT2D eigenvalue weighted by Gasteiger charge is 2.77. The number of benzene rings is 1. The molecule has 3 fully saturated rings. The normalized spacial score (nSPS) is 27.9. The number of carbonyl (C=O) groups is 4. The van der Waals surface area contributed by atoms with Crippen LogP contribution in [0.1, 0.15) is 70.9 Å². The van der Waals surface area contributed by atoms with Crippen LogP contribution in [-0.4, -0.2) is 93.5 Å². The van der Waals surface area contributed by atoms with Crippen molar-refractivity contribution in [1.29, 1.82) is 0 Å². The number of aliphatic hydroxyl groups is 1. The molecule has 11 heteroatoms. The monoisotopic (exact) mass is 715 g/mol. The molecule has 0 aliphatic carbocycles. The van der Waals surface area contributed by atoms with Crippen molar-refractivity contribution in [2.45, 2.75) is 94.0 Å². The van der Waals surface area contributed by atoms with Gasteiger partial charge in [0.1, 0.15) is 18.2 Å². The molecular formula is C36H50BrN3O7. The van der Waals surface area contributed by atoms with Gasteiger partial charge >= 0.3 is 5.97 Å². The number of hydrogen-bond donors (Lipinski definition) is 2. The molecule has 3 aliphatic rings. The first-order chi connectivity index (χ1) is 22.6. The van der Waals surface area contributed by atoms with Crippen molar-refractivity contribution >= 4 is 39.6 Å². The molecule has 0 aromatic heterocycles. The van der Waals surface area contributed by atoms with Crippen molar-refractivity contribution < 1.29 is 33.8 Å². The van der Waals surface area contributed by atoms with Crippen molar-refractivity contribution in [2.24, 2.45) is 17.8 Å². The number of halogens is 1. The van der Waals surface area contributed by atoms with Crippen LogP contribution in [-0.2, 0) is 28.7 Å². The highest BCUT2D eigenvalue weighted by atomic mass is 79.9. The van der Waals surface area contributed by atoms with Gasteiger partial charge in [0.2, 0.25) is 17.7 Å². The second-order valence-corrected chi connectivity index (χ2v) is 14.1. The Morgan fingerprint density at radius 1 is 1.23 bits per heavy atom. The number of carbonyl (C=O) groups excluding carboxylic acids is 4. The summed E-state index contributed by atoms with van der Waals surface area (Å²) in [5, 5.41) is 13.7. The number of alkyl halides is 1. The van der Waals surface area contributed by atoms with E-state index in [2.05, 4.69) is 34.4 Å². The number of rotatable bonds is 18. The third-order valence-corrected chi connectivity index (χ3v) is 10.9. The van der Waals surface area contributed by atoms with E-state index in [1.807, 2.05) is 51.1 Å². The minimum Gasteiger partial charge on any atom is -0.463 e. The lowest BCUT2D eigenvalue weighted by atomic mass is 9.70. The molecule has 2 bridgehead atoms. The van der Waals surface area contributed by atoms with Crippen LogP contribution in [0, 0.1) is 17.8 Å². The summed E-state index contributed by atoms with van der Waals surface area (Å²) in [5.41, 5.74) is -0.520. The summed E-state index contributed by atoms with van der Waals surface area (Å²) in [4.78, 5) is 58.9. The van der Waals surface area contributed by atoms with Crippen LogP contribution in [0.4, 0.5) is 0 Å². The topological polar surface area (TPSA) is 125 Å². The summed E-state index contributed by atoms with van der Waals surface area (Å²) in [7, 11) is 0. The number of fused-ring (bicyclic) bond motifs is 1. The van der Waals surface area contributed by atoms with Crippen molar-refractivity contribution in [3.63, 3.8) is 0 Å². The Kier molecular flexibility index (Phi) is 12.8. The van der Waals surface area contributed by atoms with E-state index in [1.54, 1.807) is 22.0 Å². The van der Waals surface area contributed by atoms with Gasteiger partial charge in [-0.25, -0.2) is 0 Å². The van der Waals surface area contributed by atoms with Gasteiger partial charge in [0, 0.05) is 24.3 Å². The Morgan fingerprint density at radius 3 is 2.57 bits per heavy atom. The molecule has 1 spiro atoms. The summed E-state index contributed by atoms with van der Waals surface area (Å²) in [5.74, 6) is -3.39. The van der Waals surface area contributed by atoms with Crippen molar-refractivity contribution in [1.82, 2.24) is 15.1 Å². The number of nitrogens with zero attached hydrogens (tertiary/aromatic N) is 2. The average molecular weight is 717 g/mol. The molecule has 1 aromatic rings. The minimum absolute atomic E-state index is 0.0900. The SMILES string of the molecule is C=CCCC(=O)OC[C@H](NC(=O)[C@@H]1[C@H]2O[C@@]3(CC2Br)[C@H](C(=O)N(CC=C)CCCC)N([C@@H](CO)[C@@H](C)CC)C(=O)[C@@H]13)c1ccccc1. The summed E-state index contributed by atoms with van der Waals surface area (Å²) >= 11 is 3.74. The molecule has 47 heavy (non-hydrogen) atoms. The molecule has 1 unspecified atom stereocenters. The van der Waals surface area contributed by atoms with Crippen LogP contribution < -0.4 is 5.32 Å². The lowest BCUT2D eigenvalue weighted by Crippen LogP contribution is -2.60. The summed E-state index contributed by atoms with van der Waals surface area (Å²) in [6, 6.07) is 6.89. The van der Waals surface area contributed by atoms with Gasteiger partial charge in [-0.1, -0.05) is 92.0 Å². The number of esters is 1. The van der Waals surface area contributed by atoms with E-state index in [0.717, 1.165) is 18.4 Å². The largest absolute Gasteiger partial charge is 0.463 e. The van der Waals surface area contributed by atoms with Crippen molar-refractivity contribution in [3.05, 3.63) is 61.2 Å². The van der Waals surface area contributed by atoms with E-state index < -0.39 is 53.5 Å². The molecule has 3 aliphatic heterocycles. The first-order valence-corrected chi connectivity index (χ1v) is 17.8. The number of hydrogen-bond acceptors (Lipinski definition) is 7. The van der Waals surface area contributed by atoms with E-state index in [9.17, 15) is 24.3 Å². The minimum atomic E-state index is -1.26. The number of nitrogens with one attached hydrogen (secondary N) is 1. The van der Waals surface area contributed by atoms with Gasteiger partial charge in [-0.15, -0.1) is 13.2 Å². The van der Waals surface area contributed by atoms with Gasteiger partial charge < -0.3 is 29.7 Å². The number of allylic oxidation sites excluding steroid dienone is 1. The first-order valence-electron chi connectivity index (χ1n) is 16.9. The van der Waals surface area contributed by atoms with E-state index in [4.69, 9.17) is 9.47 Å². The zero-order valence-corrected chi connectivity index (χ0v) is 29.4. The van der Waals surface area contributed by atoms with E-state index >= 15 is 0 Å². The second-order valence-electron chi connectivity index (χ2n) is 13.0. The van der Waals surface area contributed by atoms with Crippen LogP contribution in [0.3, 0.4) is 0 Å². The van der Waals surface area contributed by atoms with Gasteiger partial charge in [0.25, 0.3) is 0 Å². The van der Waals surface area contributed by atoms with Crippen LogP contribution >= 0.6 is 15.9 Å². The smallest absolute Gasteiger partial charge is 0.306 e. The Hall–Kier alpha value is -3.02. The van der Waals surface area contributed by atoms with Crippen LogP contribution in [0.25, 0.3) is 0 Å². The molecule has 3 heterocycles. The van der Waals surface area contributed by atoms with Gasteiger partial charge in [0.15, 0.2) is 0 Å². The van der Waals surface area contributed by atoms with Crippen LogP contribution in [0.5, 0.6) is 0 Å². The van der Waals surface area contributed by atoms with Gasteiger partial charge in [-0.3, -0.25) is 19.2 Å². The maximum absolute atomic E-state index is 14.7. The van der Waals surface area contributed by atoms with E-state index in [0.29, 0.717) is 32.4 Å². The maximum atomic E-state index is 14.7. The first kappa shape index (κ1) is 36.8. The number of amides is 3. The van der Waals surface area contributed by atoms with Crippen molar-refractivity contribution in [2.75, 3.05) is 26.3 Å². The van der Waals surface area contributed by atoms with E-state index in [1.165, 1.54) is 0 Å². The molecule has 3 amide bonds. The Bertz CT molecular complexity index is 1290. The fourth-order valence-electron chi connectivity index (χ4n) is 7.43. The summed E-state index contributed by atoms with van der Waals surface area (Å²) < 4.78 is 12.3. The lowest BCUT2D eigenvalue weighted by molar-refractivity contribution is -0.152. The Morgan fingerprint density at radius 2 is 1.96 bits per heavy atom. The number of unbranched alkanes of at least 4 members (excludes halogenated alkanes) is 1. The molecule has 1 aromatic carbocycles. The quantitative estimate of drug-likeness (QED) is 0.132. The number of aliphatic hydroxyl groups excluding tert-OH is 1. The fraction of sp³-hybridized carbons (Fsp3) is 0.611. The summed E-state index contributed by atoms with van der Waals surface area (Å²) in [6.07, 6.45) is 6.01. The lowest BCUT2D eigenvalue weighted by Gasteiger charge is -2.41. The maximum Gasteiger partial charge on any atom is 0.306 e. The molecule has 258 valence electrons. The standard InChI is InChI=1S/C36H50BrN3O7/c1-6-10-17-28(42)46-22-26(24-15-13-12-14-16-24)38-33(43)29-30-34(44)40(27(21-41)23(5)9-4)32(36(30)20-25(37)31(29)47-36)35(45)39(18-8-3)19-11-7-2/h6,8,12-16,23,25-27,29-32,41H,1,3,7,9-11,17-22H2,2,4-5H3,(H,38,43)/t23-,25?,26-,27-,29-,30+,31-,32-,36+/m0/s1. The molecule has 4 rings (SSSR count). The Labute approximate surface area is 287 Å². The molecule has 9 atom stereocenters. The number of likely N-dealkylation sites (tertiary alicyclic amines) is 1. The second kappa shape index (κ2) is 16.4. The predicted molar refractivity (Wildman–Crippen MR) is 182 cm³/mol. The highest BCUT2D eigenvalue weighted by molar-refractivity contribution is 9.09. The van der Waals surface area contributed by atoms with Gasteiger partial charge in [-0.05, 0) is 30.7 Å². The molecule has 0 radical (unpaired) electrons. The zero-order chi connectivity index (χ0) is 34.3. The van der Waals surface area contributed by atoms with Crippen LogP contribution in [0.2, 0.25) is 0 Å². The molecule has 10 nitrogen and oxygen atoms in total. The molecular weight excluding hydrogens is 666 g/mol. The zero-order valence-electron chi connectivity index (χ0n) is 27.8. The molecule has 2 N–H and O–H groups in total. The molecule has 0 saturated carbocycles. The van der Waals surface area contributed by atoms with E-state index in [-0.39, 0.29) is 42.2 Å². The fourth-order valence-corrected chi connectivity index (χ4v) is 8.37. The number of ether oxygens (including phenoxy) is 2. The Balaban J connectivity index is 1.72.